The fourth-order valence-electron chi connectivity index (χ4n) is 3.04. The summed E-state index contributed by atoms with van der Waals surface area (Å²) in [6, 6.07) is 1.95. The fourth-order valence-corrected chi connectivity index (χ4v) is 3.04. The van der Waals surface area contributed by atoms with Crippen molar-refractivity contribution in [3.63, 3.8) is 0 Å². The van der Waals surface area contributed by atoms with Crippen molar-refractivity contribution in [3.05, 3.63) is 23.8 Å². The number of nitrogens with zero attached hydrogens (tertiary/aromatic N) is 4. The lowest BCUT2D eigenvalue weighted by atomic mass is 10.1. The molecule has 12 heteroatoms. The van der Waals surface area contributed by atoms with Crippen molar-refractivity contribution in [1.82, 2.24) is 19.7 Å². The molecular formula is C18H18F3N5O4. The minimum atomic E-state index is -5.08. The number of anilines is 1. The summed E-state index contributed by atoms with van der Waals surface area (Å²) < 4.78 is 39.0. The molecule has 1 saturated carbocycles. The van der Waals surface area contributed by atoms with Gasteiger partial charge in [-0.15, -0.1) is 0 Å². The first-order valence-electron chi connectivity index (χ1n) is 8.92. The zero-order chi connectivity index (χ0) is 22.2. The van der Waals surface area contributed by atoms with Crippen molar-refractivity contribution in [1.29, 1.82) is 0 Å². The molecule has 0 unspecified atom stereocenters. The van der Waals surface area contributed by atoms with Crippen molar-refractivity contribution in [2.45, 2.75) is 44.8 Å². The van der Waals surface area contributed by atoms with Gasteiger partial charge < -0.3 is 19.9 Å². The highest BCUT2D eigenvalue weighted by molar-refractivity contribution is 6.07. The first-order chi connectivity index (χ1) is 14.1. The Bertz CT molecular complexity index is 1100. The summed E-state index contributed by atoms with van der Waals surface area (Å²) in [4.78, 5) is 29.1. The number of hydrogen-bond donors (Lipinski definition) is 2. The van der Waals surface area contributed by atoms with Crippen molar-refractivity contribution < 1.29 is 32.4 Å². The van der Waals surface area contributed by atoms with Crippen LogP contribution in [0.3, 0.4) is 0 Å². The minimum absolute atomic E-state index is 0.0514. The number of fused-ring (bicyclic) bond motifs is 1. The third kappa shape index (κ3) is 3.98. The van der Waals surface area contributed by atoms with Crippen LogP contribution in [-0.2, 0) is 4.79 Å². The molecule has 4 rings (SSSR count). The molecule has 0 radical (unpaired) electrons. The molecule has 0 bridgehead atoms. The Morgan fingerprint density at radius 2 is 2.00 bits per heavy atom. The molecule has 3 heterocycles. The summed E-state index contributed by atoms with van der Waals surface area (Å²) in [5.74, 6) is -1.11. The van der Waals surface area contributed by atoms with E-state index in [1.54, 1.807) is 0 Å². The van der Waals surface area contributed by atoms with E-state index in [1.807, 2.05) is 24.5 Å². The third-order valence-corrected chi connectivity index (χ3v) is 4.49. The molecule has 0 amide bonds. The first kappa shape index (κ1) is 21.3. The number of carbonyl (C=O) groups excluding carboxylic acids is 1. The number of rotatable bonds is 4. The number of halogens is 3. The minimum Gasteiger partial charge on any atom is -0.475 e. The highest BCUT2D eigenvalue weighted by Crippen LogP contribution is 2.43. The van der Waals surface area contributed by atoms with Crippen molar-refractivity contribution >= 4 is 29.1 Å². The van der Waals surface area contributed by atoms with Crippen LogP contribution in [0.15, 0.2) is 16.9 Å². The first-order valence-corrected chi connectivity index (χ1v) is 8.92. The van der Waals surface area contributed by atoms with Crippen LogP contribution in [0.25, 0.3) is 22.3 Å². The van der Waals surface area contributed by atoms with Crippen LogP contribution < -0.4 is 5.73 Å². The predicted molar refractivity (Wildman–Crippen MR) is 98.9 cm³/mol. The Kier molecular flexibility index (Phi) is 5.51. The Hall–Kier alpha value is -3.44. The lowest BCUT2D eigenvalue weighted by molar-refractivity contribution is -0.192. The second kappa shape index (κ2) is 7.76. The van der Waals surface area contributed by atoms with Gasteiger partial charge in [-0.05, 0) is 26.7 Å². The molecule has 0 aliphatic heterocycles. The Morgan fingerprint density at radius 3 is 2.50 bits per heavy atom. The zero-order valence-corrected chi connectivity index (χ0v) is 16.0. The van der Waals surface area contributed by atoms with Gasteiger partial charge in [0.2, 0.25) is 0 Å². The normalized spacial score (nSPS) is 13.9. The Morgan fingerprint density at radius 1 is 1.37 bits per heavy atom. The van der Waals surface area contributed by atoms with Gasteiger partial charge in [0, 0.05) is 23.6 Å². The highest BCUT2D eigenvalue weighted by atomic mass is 19.4. The number of carboxylic acid groups (broad SMARTS) is 1. The van der Waals surface area contributed by atoms with E-state index in [0.29, 0.717) is 39.7 Å². The summed E-state index contributed by atoms with van der Waals surface area (Å²) in [6.07, 6.45) is -0.613. The molecule has 3 N–H and O–H groups in total. The molecule has 30 heavy (non-hydrogen) atoms. The van der Waals surface area contributed by atoms with Gasteiger partial charge in [-0.3, -0.25) is 4.79 Å². The summed E-state index contributed by atoms with van der Waals surface area (Å²) in [5.41, 5.74) is 8.47. The summed E-state index contributed by atoms with van der Waals surface area (Å²) in [5, 5.41) is 11.9. The Balaban J connectivity index is 0.000000318. The highest BCUT2D eigenvalue weighted by Gasteiger charge is 2.38. The number of aldehydes is 1. The van der Waals surface area contributed by atoms with Gasteiger partial charge in [0.15, 0.2) is 6.29 Å². The number of carbonyl (C=O) groups is 2. The van der Waals surface area contributed by atoms with Gasteiger partial charge in [0.1, 0.15) is 29.2 Å². The number of alkyl halides is 3. The quantitative estimate of drug-likeness (QED) is 0.605. The van der Waals surface area contributed by atoms with Gasteiger partial charge in [-0.25, -0.2) is 14.8 Å². The second-order valence-corrected chi connectivity index (χ2v) is 6.99. The van der Waals surface area contributed by atoms with Crippen LogP contribution in [0.1, 0.15) is 54.9 Å². The molecule has 0 saturated heterocycles. The number of hydrogen-bond acceptors (Lipinski definition) is 7. The fraction of sp³-hybridized carbons (Fsp3) is 0.389. The molecule has 160 valence electrons. The topological polar surface area (TPSA) is 137 Å². The molecule has 0 atom stereocenters. The van der Waals surface area contributed by atoms with Crippen molar-refractivity contribution in [3.8, 4) is 11.3 Å². The van der Waals surface area contributed by atoms with E-state index < -0.39 is 12.1 Å². The van der Waals surface area contributed by atoms with E-state index >= 15 is 0 Å². The van der Waals surface area contributed by atoms with E-state index in [-0.39, 0.29) is 6.04 Å². The monoisotopic (exact) mass is 425 g/mol. The maximum atomic E-state index is 11.8. The van der Waals surface area contributed by atoms with Crippen LogP contribution in [0, 0.1) is 0 Å². The maximum Gasteiger partial charge on any atom is 0.490 e. The van der Waals surface area contributed by atoms with E-state index in [9.17, 15) is 18.0 Å². The molecular weight excluding hydrogens is 407 g/mol. The van der Waals surface area contributed by atoms with Crippen LogP contribution in [0.5, 0.6) is 0 Å². The number of nitrogens with two attached hydrogens (primary N) is 1. The number of carboxylic acids is 1. The Labute approximate surface area is 167 Å². The molecule has 3 aromatic heterocycles. The smallest absolute Gasteiger partial charge is 0.475 e. The predicted octanol–water partition coefficient (Wildman–Crippen LogP) is 3.57. The average molecular weight is 425 g/mol. The SMILES string of the molecule is CC(C)n1c(C=O)c(-c2cc(C3CC3)on2)c2c(N)ncnc21.O=C(O)C(F)(F)F. The molecule has 1 aliphatic rings. The van der Waals surface area contributed by atoms with Crippen LogP contribution in [0.4, 0.5) is 19.0 Å². The largest absolute Gasteiger partial charge is 0.490 e. The third-order valence-electron chi connectivity index (χ3n) is 4.49. The van der Waals surface area contributed by atoms with E-state index in [1.165, 1.54) is 6.33 Å². The van der Waals surface area contributed by atoms with Crippen LogP contribution >= 0.6 is 0 Å². The number of nitrogen functional groups attached to an aromatic ring is 1. The van der Waals surface area contributed by atoms with Crippen LogP contribution in [-0.4, -0.2) is 43.2 Å². The van der Waals surface area contributed by atoms with E-state index in [2.05, 4.69) is 15.1 Å². The number of aliphatic carboxylic acids is 1. The average Bonchev–Trinajstić information content (AvgIpc) is 3.28. The molecule has 9 nitrogen and oxygen atoms in total. The number of aromatic nitrogens is 4. The summed E-state index contributed by atoms with van der Waals surface area (Å²) in [6.45, 7) is 3.99. The van der Waals surface area contributed by atoms with Gasteiger partial charge in [-0.1, -0.05) is 5.16 Å². The second-order valence-electron chi connectivity index (χ2n) is 6.99. The van der Waals surface area contributed by atoms with Crippen LogP contribution in [0.2, 0.25) is 0 Å². The maximum absolute atomic E-state index is 11.8. The zero-order valence-electron chi connectivity index (χ0n) is 16.0. The van der Waals surface area contributed by atoms with E-state index in [0.717, 1.165) is 24.9 Å². The summed E-state index contributed by atoms with van der Waals surface area (Å²) >= 11 is 0. The van der Waals surface area contributed by atoms with Crippen molar-refractivity contribution in [2.75, 3.05) is 5.73 Å². The van der Waals surface area contributed by atoms with Gasteiger partial charge >= 0.3 is 12.1 Å². The lowest BCUT2D eigenvalue weighted by Crippen LogP contribution is -2.21. The van der Waals surface area contributed by atoms with Gasteiger partial charge in [0.05, 0.1) is 11.1 Å². The van der Waals surface area contributed by atoms with Crippen molar-refractivity contribution in [2.24, 2.45) is 0 Å². The lowest BCUT2D eigenvalue weighted by Gasteiger charge is -2.10. The molecule has 1 fully saturated rings. The molecule has 0 aromatic carbocycles. The molecule has 3 aromatic rings. The van der Waals surface area contributed by atoms with E-state index in [4.69, 9.17) is 20.2 Å². The molecule has 0 spiro atoms. The summed E-state index contributed by atoms with van der Waals surface area (Å²) in [7, 11) is 0. The molecule has 1 aliphatic carbocycles. The standard InChI is InChI=1S/C16H17N5O2.C2HF3O2/c1-8(2)21-11(6-22)13(14-15(17)18-7-19-16(14)21)10-5-12(23-20-10)9-3-4-9;3-2(4,5)1(6)7/h5-9H,3-4H2,1-2H3,(H2,17,18,19);(H,6,7). The van der Waals surface area contributed by atoms with Gasteiger partial charge in [-0.2, -0.15) is 13.2 Å². The van der Waals surface area contributed by atoms with Gasteiger partial charge in [0.25, 0.3) is 0 Å².